The Morgan fingerprint density at radius 2 is 1.62 bits per heavy atom. The van der Waals surface area contributed by atoms with Crippen molar-refractivity contribution in [2.24, 2.45) is 10.1 Å². The molecule has 0 aliphatic carbocycles. The molecule has 19 heteroatoms. The fourth-order valence-corrected chi connectivity index (χ4v) is 7.64. The summed E-state index contributed by atoms with van der Waals surface area (Å²) in [5, 5.41) is 21.1. The number of hydrogen-bond acceptors (Lipinski definition) is 11. The van der Waals surface area contributed by atoms with Crippen LogP contribution >= 0.6 is 0 Å². The number of fused-ring (bicyclic) bond motifs is 1. The Hall–Kier alpha value is -5.92. The van der Waals surface area contributed by atoms with E-state index in [4.69, 9.17) is 10.5 Å². The number of imidazole rings is 1. The van der Waals surface area contributed by atoms with Gasteiger partial charge in [0.15, 0.2) is 11.7 Å². The van der Waals surface area contributed by atoms with Crippen LogP contribution in [0.2, 0.25) is 0 Å². The van der Waals surface area contributed by atoms with Crippen molar-refractivity contribution < 1.29 is 37.4 Å². The number of anilines is 1. The Morgan fingerprint density at radius 3 is 2.26 bits per heavy atom. The minimum atomic E-state index is -4.48. The van der Waals surface area contributed by atoms with E-state index in [1.807, 2.05) is 0 Å². The SMILES string of the molecule is Cc1cc(C)c(S(=O)(=O)N=C(CNC(=O)c2cn(CCCNC(=O)CCC(=O)NCCCOCCCN)c3cc(CNc4ncc[nH]4)ccc3c2=O)C(=O)O)c(C)c1. The molecule has 0 saturated heterocycles. The number of hydrogen-bond donors (Lipinski definition) is 7. The Balaban J connectivity index is 1.46. The number of aromatic nitrogens is 3. The number of aliphatic carboxylic acids is 1. The summed E-state index contributed by atoms with van der Waals surface area (Å²) in [7, 11) is -4.48. The van der Waals surface area contributed by atoms with Crippen LogP contribution in [0.4, 0.5) is 5.95 Å². The lowest BCUT2D eigenvalue weighted by atomic mass is 10.1. The molecule has 0 radical (unpaired) electrons. The molecule has 8 N–H and O–H groups in total. The van der Waals surface area contributed by atoms with Gasteiger partial charge in [0.05, 0.1) is 17.0 Å². The molecule has 2 heterocycles. The Kier molecular flexibility index (Phi) is 16.7. The van der Waals surface area contributed by atoms with Gasteiger partial charge in [-0.25, -0.2) is 9.78 Å². The number of sulfonamides is 1. The first kappa shape index (κ1) is 44.8. The second kappa shape index (κ2) is 21.6. The molecule has 4 aromatic rings. The maximum Gasteiger partial charge on any atom is 0.353 e. The monoisotopic (exact) mass is 821 g/mol. The number of pyridine rings is 1. The lowest BCUT2D eigenvalue weighted by Crippen LogP contribution is -2.36. The summed E-state index contributed by atoms with van der Waals surface area (Å²) in [6.45, 7) is 7.05. The van der Waals surface area contributed by atoms with Crippen LogP contribution in [-0.2, 0) is 42.2 Å². The molecule has 0 aliphatic heterocycles. The van der Waals surface area contributed by atoms with E-state index in [2.05, 4.69) is 35.6 Å². The van der Waals surface area contributed by atoms with Crippen LogP contribution in [0.25, 0.3) is 10.9 Å². The van der Waals surface area contributed by atoms with E-state index in [1.165, 1.54) is 6.20 Å². The number of carbonyl (C=O) groups is 4. The average Bonchev–Trinajstić information content (AvgIpc) is 3.70. The number of aromatic amines is 1. The molecule has 4 rings (SSSR count). The highest BCUT2D eigenvalue weighted by Gasteiger charge is 2.24. The minimum absolute atomic E-state index is 0.0106. The Labute approximate surface area is 336 Å². The number of nitrogens with one attached hydrogen (secondary N) is 5. The summed E-state index contributed by atoms with van der Waals surface area (Å²) >= 11 is 0. The molecule has 0 atom stereocenters. The van der Waals surface area contributed by atoms with Gasteiger partial charge in [0.2, 0.25) is 17.2 Å². The molecule has 0 aliphatic rings. The smallest absolute Gasteiger partial charge is 0.353 e. The third-order valence-electron chi connectivity index (χ3n) is 8.86. The Bertz CT molecular complexity index is 2270. The number of nitrogens with two attached hydrogens (primary N) is 1. The quantitative estimate of drug-likeness (QED) is 0.0419. The second-order valence-corrected chi connectivity index (χ2v) is 15.1. The number of carboxylic acid groups (broad SMARTS) is 1. The van der Waals surface area contributed by atoms with E-state index < -0.39 is 39.6 Å². The van der Waals surface area contributed by atoms with E-state index in [0.29, 0.717) is 68.3 Å². The summed E-state index contributed by atoms with van der Waals surface area (Å²) in [5.74, 6) is -2.63. The highest BCUT2D eigenvalue weighted by Crippen LogP contribution is 2.24. The van der Waals surface area contributed by atoms with Crippen LogP contribution in [0.1, 0.15) is 64.7 Å². The van der Waals surface area contributed by atoms with Crippen molar-refractivity contribution >= 4 is 56.3 Å². The van der Waals surface area contributed by atoms with E-state index in [0.717, 1.165) is 17.5 Å². The lowest BCUT2D eigenvalue weighted by molar-refractivity contribution is -0.129. The number of amides is 3. The number of aryl methyl sites for hydroxylation is 4. The topological polar surface area (TPSA) is 269 Å². The first-order valence-corrected chi connectivity index (χ1v) is 20.3. The third-order valence-corrected chi connectivity index (χ3v) is 10.5. The lowest BCUT2D eigenvalue weighted by Gasteiger charge is -2.15. The van der Waals surface area contributed by atoms with Gasteiger partial charge in [0.1, 0.15) is 5.56 Å². The predicted molar refractivity (Wildman–Crippen MR) is 218 cm³/mol. The molecule has 3 amide bonds. The van der Waals surface area contributed by atoms with Gasteiger partial charge in [0.25, 0.3) is 15.9 Å². The number of nitrogens with zero attached hydrogens (tertiary/aromatic N) is 3. The standard InChI is InChI=1S/C39H51N9O9S/c1-25-19-26(2)36(27(3)20-25)58(55,56)47-31(38(53)54)23-45-37(52)30-24-48(32-21-28(7-8-29(32)35(30)51)22-46-39-43-14-15-44-39)16-5-12-41-33(49)9-10-34(50)42-13-6-18-57-17-4-11-40/h7-8,14-15,19-21,24H,4-6,9-13,16-18,22-23,40H2,1-3H3,(H,41,49)(H,42,50)(H,45,52)(H,53,54)(H2,43,44,46). The summed E-state index contributed by atoms with van der Waals surface area (Å²) in [4.78, 5) is 71.0. The van der Waals surface area contributed by atoms with Crippen molar-refractivity contribution in [2.75, 3.05) is 44.7 Å². The summed E-state index contributed by atoms with van der Waals surface area (Å²) < 4.78 is 37.1. The Morgan fingerprint density at radius 1 is 0.948 bits per heavy atom. The number of H-pyrrole nitrogens is 1. The average molecular weight is 822 g/mol. The van der Waals surface area contributed by atoms with Crippen LogP contribution in [0, 0.1) is 20.8 Å². The molecule has 2 aromatic heterocycles. The zero-order valence-corrected chi connectivity index (χ0v) is 33.7. The molecule has 0 unspecified atom stereocenters. The maximum absolute atomic E-state index is 13.7. The molecule has 0 spiro atoms. The number of carbonyl (C=O) groups excluding carboxylic acids is 3. The largest absolute Gasteiger partial charge is 0.477 e. The van der Waals surface area contributed by atoms with Crippen LogP contribution in [0.3, 0.4) is 0 Å². The summed E-state index contributed by atoms with van der Waals surface area (Å²) in [6, 6.07) is 8.36. The summed E-state index contributed by atoms with van der Waals surface area (Å²) in [5.41, 5.74) is 6.52. The molecule has 0 bridgehead atoms. The molecular weight excluding hydrogens is 771 g/mol. The van der Waals surface area contributed by atoms with Crippen molar-refractivity contribution in [2.45, 2.75) is 70.9 Å². The van der Waals surface area contributed by atoms with E-state index in [9.17, 15) is 37.5 Å². The van der Waals surface area contributed by atoms with Gasteiger partial charge in [-0.2, -0.15) is 12.8 Å². The molecule has 0 fully saturated rings. The number of ether oxygens (including phenoxy) is 1. The first-order chi connectivity index (χ1) is 27.7. The van der Waals surface area contributed by atoms with Crippen molar-refractivity contribution in [3.63, 3.8) is 0 Å². The van der Waals surface area contributed by atoms with Gasteiger partial charge >= 0.3 is 5.97 Å². The molecular formula is C39H51N9O9S. The van der Waals surface area contributed by atoms with Crippen molar-refractivity contribution in [1.82, 2.24) is 30.5 Å². The fraction of sp³-hybridized carbons (Fsp3) is 0.410. The van der Waals surface area contributed by atoms with Crippen molar-refractivity contribution in [3.8, 4) is 0 Å². The minimum Gasteiger partial charge on any atom is -0.477 e. The fourth-order valence-electron chi connectivity index (χ4n) is 6.18. The number of rotatable bonds is 23. The van der Waals surface area contributed by atoms with Gasteiger partial charge < -0.3 is 46.4 Å². The molecule has 0 saturated carbocycles. The molecule has 58 heavy (non-hydrogen) atoms. The van der Waals surface area contributed by atoms with Gasteiger partial charge in [-0.05, 0) is 75.4 Å². The molecule has 2 aromatic carbocycles. The van der Waals surface area contributed by atoms with Crippen LogP contribution in [0.15, 0.2) is 63.0 Å². The van der Waals surface area contributed by atoms with Crippen LogP contribution in [0.5, 0.6) is 0 Å². The van der Waals surface area contributed by atoms with Gasteiger partial charge in [-0.15, -0.1) is 0 Å². The summed E-state index contributed by atoms with van der Waals surface area (Å²) in [6.07, 6.45) is 6.40. The second-order valence-electron chi connectivity index (χ2n) is 13.6. The van der Waals surface area contributed by atoms with Crippen molar-refractivity contribution in [1.29, 1.82) is 0 Å². The van der Waals surface area contributed by atoms with Gasteiger partial charge in [-0.1, -0.05) is 23.8 Å². The number of benzene rings is 2. The normalized spacial score (nSPS) is 11.7. The van der Waals surface area contributed by atoms with E-state index >= 15 is 0 Å². The van der Waals surface area contributed by atoms with E-state index in [1.54, 1.807) is 68.1 Å². The van der Waals surface area contributed by atoms with E-state index in [-0.39, 0.29) is 53.6 Å². The van der Waals surface area contributed by atoms with Crippen molar-refractivity contribution in [3.05, 3.63) is 87.0 Å². The molecule has 312 valence electrons. The first-order valence-electron chi connectivity index (χ1n) is 18.8. The predicted octanol–water partition coefficient (Wildman–Crippen LogP) is 2.06. The zero-order chi connectivity index (χ0) is 42.2. The van der Waals surface area contributed by atoms with Crippen LogP contribution in [-0.4, -0.2) is 96.9 Å². The third kappa shape index (κ3) is 13.1. The zero-order valence-electron chi connectivity index (χ0n) is 32.9. The van der Waals surface area contributed by atoms with Gasteiger partial charge in [-0.3, -0.25) is 19.2 Å². The highest BCUT2D eigenvalue weighted by molar-refractivity contribution is 7.90. The van der Waals surface area contributed by atoms with Gasteiger partial charge in [0, 0.05) is 76.2 Å². The number of carboxylic acids is 1. The molecule has 18 nitrogen and oxygen atoms in total. The van der Waals surface area contributed by atoms with Crippen LogP contribution < -0.4 is 32.4 Å². The maximum atomic E-state index is 13.7. The highest BCUT2D eigenvalue weighted by atomic mass is 32.2.